The molecular weight excluding hydrogens is 174 g/mol. The number of halogens is 1. The number of aliphatic hydroxyl groups is 1. The van der Waals surface area contributed by atoms with Gasteiger partial charge in [0.05, 0.1) is 6.61 Å². The summed E-state index contributed by atoms with van der Waals surface area (Å²) >= 11 is 5.74. The van der Waals surface area contributed by atoms with Crippen LogP contribution in [0.4, 0.5) is 5.69 Å². The van der Waals surface area contributed by atoms with Crippen molar-refractivity contribution in [2.45, 2.75) is 0 Å². The topological polar surface area (TPSA) is 46.2 Å². The lowest BCUT2D eigenvalue weighted by molar-refractivity contribution is 0.343. The van der Waals surface area contributed by atoms with Gasteiger partial charge in [-0.15, -0.1) is 0 Å². The normalized spacial score (nSPS) is 10.8. The van der Waals surface area contributed by atoms with Gasteiger partial charge in [-0.25, -0.2) is 0 Å². The lowest BCUT2D eigenvalue weighted by Gasteiger charge is -1.99. The Morgan fingerprint density at radius 2 is 2.25 bits per heavy atom. The van der Waals surface area contributed by atoms with Gasteiger partial charge in [-0.2, -0.15) is 0 Å². The number of benzene rings is 1. The molecule has 0 unspecified atom stereocenters. The minimum atomic E-state index is 0.00591. The van der Waals surface area contributed by atoms with Gasteiger partial charge < -0.3 is 10.8 Å². The molecule has 3 heteroatoms. The summed E-state index contributed by atoms with van der Waals surface area (Å²) in [4.78, 5) is 0. The first-order chi connectivity index (χ1) is 5.74. The summed E-state index contributed by atoms with van der Waals surface area (Å²) in [6.07, 6.45) is 3.35. The van der Waals surface area contributed by atoms with Gasteiger partial charge in [0.1, 0.15) is 0 Å². The van der Waals surface area contributed by atoms with Crippen LogP contribution in [0.15, 0.2) is 24.3 Å². The zero-order valence-corrected chi connectivity index (χ0v) is 7.25. The van der Waals surface area contributed by atoms with Gasteiger partial charge in [0.2, 0.25) is 0 Å². The average molecular weight is 184 g/mol. The summed E-state index contributed by atoms with van der Waals surface area (Å²) < 4.78 is 0. The maximum atomic E-state index is 8.53. The Kier molecular flexibility index (Phi) is 3.14. The van der Waals surface area contributed by atoms with E-state index in [9.17, 15) is 0 Å². The van der Waals surface area contributed by atoms with Crippen LogP contribution in [0.5, 0.6) is 0 Å². The van der Waals surface area contributed by atoms with Gasteiger partial charge >= 0.3 is 0 Å². The highest BCUT2D eigenvalue weighted by Gasteiger charge is 1.94. The fraction of sp³-hybridized carbons (Fsp3) is 0.111. The van der Waals surface area contributed by atoms with E-state index in [1.54, 1.807) is 30.4 Å². The monoisotopic (exact) mass is 183 g/mol. The summed E-state index contributed by atoms with van der Waals surface area (Å²) in [5.41, 5.74) is 7.13. The summed E-state index contributed by atoms with van der Waals surface area (Å²) in [5.74, 6) is 0. The fourth-order valence-corrected chi connectivity index (χ4v) is 1.05. The van der Waals surface area contributed by atoms with Crippen LogP contribution in [0.3, 0.4) is 0 Å². The fourth-order valence-electron chi connectivity index (χ4n) is 0.870. The third-order valence-corrected chi connectivity index (χ3v) is 1.69. The van der Waals surface area contributed by atoms with E-state index in [1.807, 2.05) is 0 Å². The van der Waals surface area contributed by atoms with E-state index in [1.165, 1.54) is 0 Å². The van der Waals surface area contributed by atoms with Gasteiger partial charge in [0.15, 0.2) is 0 Å². The van der Waals surface area contributed by atoms with Crippen molar-refractivity contribution >= 4 is 23.4 Å². The molecule has 1 aromatic carbocycles. The highest BCUT2D eigenvalue weighted by molar-refractivity contribution is 6.30. The van der Waals surface area contributed by atoms with Gasteiger partial charge in [-0.1, -0.05) is 23.8 Å². The van der Waals surface area contributed by atoms with Crippen molar-refractivity contribution in [3.05, 3.63) is 34.9 Å². The number of hydrogen-bond acceptors (Lipinski definition) is 2. The molecule has 0 aliphatic heterocycles. The molecular formula is C9H10ClNO. The molecule has 0 bridgehead atoms. The second kappa shape index (κ2) is 4.14. The van der Waals surface area contributed by atoms with Crippen LogP contribution in [0.1, 0.15) is 5.56 Å². The van der Waals surface area contributed by atoms with E-state index >= 15 is 0 Å². The number of hydrogen-bond donors (Lipinski definition) is 2. The van der Waals surface area contributed by atoms with Crippen molar-refractivity contribution in [2.24, 2.45) is 0 Å². The van der Waals surface area contributed by atoms with Crippen molar-refractivity contribution in [3.8, 4) is 0 Å². The first kappa shape index (κ1) is 9.10. The second-order valence-corrected chi connectivity index (χ2v) is 2.79. The number of anilines is 1. The van der Waals surface area contributed by atoms with Crippen LogP contribution >= 0.6 is 11.6 Å². The molecule has 0 aliphatic rings. The Balaban J connectivity index is 2.97. The molecule has 0 heterocycles. The van der Waals surface area contributed by atoms with Crippen molar-refractivity contribution in [3.63, 3.8) is 0 Å². The minimum absolute atomic E-state index is 0.00591. The van der Waals surface area contributed by atoms with Gasteiger partial charge in [-0.05, 0) is 23.8 Å². The summed E-state index contributed by atoms with van der Waals surface area (Å²) in [5, 5.41) is 9.17. The molecule has 0 fully saturated rings. The van der Waals surface area contributed by atoms with Crippen LogP contribution in [-0.2, 0) is 0 Å². The van der Waals surface area contributed by atoms with Crippen molar-refractivity contribution in [1.82, 2.24) is 0 Å². The maximum absolute atomic E-state index is 8.53. The molecule has 0 aliphatic carbocycles. The van der Waals surface area contributed by atoms with E-state index < -0.39 is 0 Å². The first-order valence-corrected chi connectivity index (χ1v) is 3.94. The van der Waals surface area contributed by atoms with Crippen LogP contribution in [-0.4, -0.2) is 11.7 Å². The quantitative estimate of drug-likeness (QED) is 0.689. The Hall–Kier alpha value is -0.990. The van der Waals surface area contributed by atoms with Crippen LogP contribution in [0.2, 0.25) is 5.02 Å². The lowest BCUT2D eigenvalue weighted by Crippen LogP contribution is -1.88. The smallest absolute Gasteiger partial charge is 0.0615 e. The second-order valence-electron chi connectivity index (χ2n) is 2.36. The predicted octanol–water partition coefficient (Wildman–Crippen LogP) is 1.93. The molecule has 3 N–H and O–H groups in total. The summed E-state index contributed by atoms with van der Waals surface area (Å²) in [6.45, 7) is 0.00591. The van der Waals surface area contributed by atoms with Crippen molar-refractivity contribution in [1.29, 1.82) is 0 Å². The van der Waals surface area contributed by atoms with Crippen LogP contribution in [0.25, 0.3) is 6.08 Å². The molecule has 0 aromatic heterocycles. The van der Waals surface area contributed by atoms with Crippen LogP contribution in [0, 0.1) is 0 Å². The van der Waals surface area contributed by atoms with Gasteiger partial charge in [-0.3, -0.25) is 0 Å². The summed E-state index contributed by atoms with van der Waals surface area (Å²) in [6, 6.07) is 5.22. The van der Waals surface area contributed by atoms with Crippen LogP contribution < -0.4 is 5.73 Å². The predicted molar refractivity (Wildman–Crippen MR) is 52.0 cm³/mol. The van der Waals surface area contributed by atoms with E-state index in [0.717, 1.165) is 5.56 Å². The molecule has 0 atom stereocenters. The Labute approximate surface area is 76.3 Å². The maximum Gasteiger partial charge on any atom is 0.0615 e. The minimum Gasteiger partial charge on any atom is -0.398 e. The standard InChI is InChI=1S/C9H10ClNO/c10-8-3-4-9(11)7(6-8)2-1-5-12/h1-4,6,12H,5,11H2. The van der Waals surface area contributed by atoms with E-state index in [0.29, 0.717) is 10.7 Å². The van der Waals surface area contributed by atoms with E-state index in [2.05, 4.69) is 0 Å². The molecule has 0 saturated carbocycles. The summed E-state index contributed by atoms with van der Waals surface area (Å²) in [7, 11) is 0. The Morgan fingerprint density at radius 1 is 1.50 bits per heavy atom. The number of rotatable bonds is 2. The number of nitrogen functional groups attached to an aromatic ring is 1. The zero-order valence-electron chi connectivity index (χ0n) is 6.50. The molecule has 0 saturated heterocycles. The average Bonchev–Trinajstić information content (AvgIpc) is 2.07. The third-order valence-electron chi connectivity index (χ3n) is 1.45. The van der Waals surface area contributed by atoms with Gasteiger partial charge in [0.25, 0.3) is 0 Å². The highest BCUT2D eigenvalue weighted by Crippen LogP contribution is 2.18. The Morgan fingerprint density at radius 3 is 2.92 bits per heavy atom. The molecule has 2 nitrogen and oxygen atoms in total. The third kappa shape index (κ3) is 2.26. The SMILES string of the molecule is Nc1ccc(Cl)cc1C=CCO. The lowest BCUT2D eigenvalue weighted by atomic mass is 10.2. The zero-order chi connectivity index (χ0) is 8.97. The molecule has 12 heavy (non-hydrogen) atoms. The largest absolute Gasteiger partial charge is 0.398 e. The molecule has 0 radical (unpaired) electrons. The number of nitrogens with two attached hydrogens (primary N) is 1. The number of aliphatic hydroxyl groups excluding tert-OH is 1. The van der Waals surface area contributed by atoms with E-state index in [4.69, 9.17) is 22.4 Å². The first-order valence-electron chi connectivity index (χ1n) is 3.56. The molecule has 0 spiro atoms. The van der Waals surface area contributed by atoms with Gasteiger partial charge in [0, 0.05) is 10.7 Å². The molecule has 1 aromatic rings. The molecule has 1 rings (SSSR count). The van der Waals surface area contributed by atoms with Crippen molar-refractivity contribution < 1.29 is 5.11 Å². The Bertz CT molecular complexity index is 297. The molecule has 0 amide bonds. The van der Waals surface area contributed by atoms with Crippen molar-refractivity contribution in [2.75, 3.05) is 12.3 Å². The molecule has 64 valence electrons. The van der Waals surface area contributed by atoms with E-state index in [-0.39, 0.29) is 6.61 Å². The highest BCUT2D eigenvalue weighted by atomic mass is 35.5.